The van der Waals surface area contributed by atoms with Gasteiger partial charge in [-0.2, -0.15) is 0 Å². The van der Waals surface area contributed by atoms with Gasteiger partial charge in [0.25, 0.3) is 5.69 Å². The van der Waals surface area contributed by atoms with E-state index in [9.17, 15) is 28.1 Å². The second-order valence-corrected chi connectivity index (χ2v) is 8.08. The number of nitrogens with two attached hydrogens (primary N) is 1. The van der Waals surface area contributed by atoms with Crippen molar-refractivity contribution in [2.75, 3.05) is 25.0 Å². The molecule has 0 unspecified atom stereocenters. The van der Waals surface area contributed by atoms with Gasteiger partial charge in [0.05, 0.1) is 16.2 Å². The minimum absolute atomic E-state index is 0.0199. The van der Waals surface area contributed by atoms with E-state index in [1.165, 1.54) is 6.07 Å². The van der Waals surface area contributed by atoms with Gasteiger partial charge in [-0.15, -0.1) is 0 Å². The first kappa shape index (κ1) is 23.8. The van der Waals surface area contributed by atoms with Crippen molar-refractivity contribution in [1.29, 1.82) is 0 Å². The first-order valence-corrected chi connectivity index (χ1v) is 10.8. The highest BCUT2D eigenvalue weighted by Gasteiger charge is 2.19. The first-order valence-electron chi connectivity index (χ1n) is 9.29. The number of nitro groups is 1. The fourth-order valence-corrected chi connectivity index (χ4v) is 3.17. The quantitative estimate of drug-likeness (QED) is 0.220. The summed E-state index contributed by atoms with van der Waals surface area (Å²) >= 11 is 0. The third-order valence-electron chi connectivity index (χ3n) is 4.14. The third-order valence-corrected chi connectivity index (χ3v) is 5.05. The number of hydrogen-bond donors (Lipinski definition) is 4. The minimum atomic E-state index is -4.07. The number of carbonyl (C=O) groups is 2. The number of nitro benzene ring substituents is 1. The average molecular weight is 449 g/mol. The van der Waals surface area contributed by atoms with Crippen LogP contribution in [-0.2, 0) is 26.0 Å². The van der Waals surface area contributed by atoms with E-state index in [-0.39, 0.29) is 54.9 Å². The summed E-state index contributed by atoms with van der Waals surface area (Å²) in [5.41, 5.74) is 0.493. The van der Waals surface area contributed by atoms with E-state index in [0.717, 1.165) is 17.7 Å². The number of carbonyl (C=O) groups excluding carboxylic acids is 2. The molecule has 12 heteroatoms. The van der Waals surface area contributed by atoms with Crippen LogP contribution in [0.15, 0.2) is 53.4 Å². The lowest BCUT2D eigenvalue weighted by Gasteiger charge is -2.09. The molecule has 2 rings (SSSR count). The molecule has 11 nitrogen and oxygen atoms in total. The van der Waals surface area contributed by atoms with Gasteiger partial charge in [0.1, 0.15) is 5.69 Å². The molecule has 0 saturated heterocycles. The number of amides is 2. The van der Waals surface area contributed by atoms with Gasteiger partial charge in [0, 0.05) is 32.1 Å². The van der Waals surface area contributed by atoms with Crippen molar-refractivity contribution < 1.29 is 22.9 Å². The van der Waals surface area contributed by atoms with Crippen molar-refractivity contribution in [1.82, 2.24) is 10.6 Å². The van der Waals surface area contributed by atoms with E-state index < -0.39 is 20.6 Å². The SMILES string of the molecule is NS(=O)(=O)c1ccc(NCCC(=O)NCCNC(=O)Cc2ccccc2)c([N+](=O)[O-])c1. The van der Waals surface area contributed by atoms with Gasteiger partial charge in [0.15, 0.2) is 0 Å². The predicted molar refractivity (Wildman–Crippen MR) is 114 cm³/mol. The maximum Gasteiger partial charge on any atom is 0.293 e. The highest BCUT2D eigenvalue weighted by molar-refractivity contribution is 7.89. The minimum Gasteiger partial charge on any atom is -0.379 e. The number of hydrogen-bond acceptors (Lipinski definition) is 7. The summed E-state index contributed by atoms with van der Waals surface area (Å²) in [7, 11) is -4.07. The molecule has 0 fully saturated rings. The number of anilines is 1. The van der Waals surface area contributed by atoms with Crippen LogP contribution in [0.3, 0.4) is 0 Å². The molecule has 2 amide bonds. The van der Waals surface area contributed by atoms with Crippen molar-refractivity contribution in [3.63, 3.8) is 0 Å². The molecule has 0 aliphatic carbocycles. The van der Waals surface area contributed by atoms with Gasteiger partial charge >= 0.3 is 0 Å². The van der Waals surface area contributed by atoms with Gasteiger partial charge in [-0.25, -0.2) is 13.6 Å². The van der Waals surface area contributed by atoms with Gasteiger partial charge in [-0.1, -0.05) is 30.3 Å². The zero-order valence-electron chi connectivity index (χ0n) is 16.5. The van der Waals surface area contributed by atoms with Crippen LogP contribution in [-0.4, -0.2) is 44.8 Å². The Balaban J connectivity index is 1.72. The summed E-state index contributed by atoms with van der Waals surface area (Å²) in [6.07, 6.45) is 0.272. The molecule has 0 radical (unpaired) electrons. The standard InChI is InChI=1S/C19H23N5O6S/c20-31(29,30)15-6-7-16(17(13-15)24(27)28)21-9-8-18(25)22-10-11-23-19(26)12-14-4-2-1-3-5-14/h1-7,13,21H,8-12H2,(H,22,25)(H,23,26)(H2,20,29,30). The summed E-state index contributed by atoms with van der Waals surface area (Å²) in [5.74, 6) is -0.467. The lowest BCUT2D eigenvalue weighted by Crippen LogP contribution is -2.35. The molecule has 0 aliphatic rings. The molecule has 0 saturated carbocycles. The summed E-state index contributed by atoms with van der Waals surface area (Å²) in [6.45, 7) is 0.593. The Morgan fingerprint density at radius 2 is 1.61 bits per heavy atom. The predicted octanol–water partition coefficient (Wildman–Crippen LogP) is 0.519. The topological polar surface area (TPSA) is 174 Å². The van der Waals surface area contributed by atoms with E-state index in [1.54, 1.807) is 0 Å². The molecule has 5 N–H and O–H groups in total. The average Bonchev–Trinajstić information content (AvgIpc) is 2.71. The molecule has 166 valence electrons. The monoisotopic (exact) mass is 449 g/mol. The lowest BCUT2D eigenvalue weighted by atomic mass is 10.1. The lowest BCUT2D eigenvalue weighted by molar-refractivity contribution is -0.384. The molecule has 31 heavy (non-hydrogen) atoms. The Hall–Kier alpha value is -3.51. The Morgan fingerprint density at radius 3 is 2.23 bits per heavy atom. The van der Waals surface area contributed by atoms with Crippen LogP contribution in [0.5, 0.6) is 0 Å². The zero-order chi connectivity index (χ0) is 22.9. The van der Waals surface area contributed by atoms with Gasteiger partial charge in [0.2, 0.25) is 21.8 Å². The maximum absolute atomic E-state index is 11.9. The number of benzene rings is 2. The Labute approximate surface area is 179 Å². The molecule has 2 aromatic carbocycles. The molecule has 0 heterocycles. The van der Waals surface area contributed by atoms with Crippen molar-refractivity contribution in [2.24, 2.45) is 5.14 Å². The Bertz CT molecular complexity index is 1040. The smallest absolute Gasteiger partial charge is 0.293 e. The van der Waals surface area contributed by atoms with E-state index >= 15 is 0 Å². The van der Waals surface area contributed by atoms with Gasteiger partial charge in [-0.3, -0.25) is 19.7 Å². The van der Waals surface area contributed by atoms with E-state index in [0.29, 0.717) is 0 Å². The van der Waals surface area contributed by atoms with Crippen LogP contribution in [0.4, 0.5) is 11.4 Å². The molecular weight excluding hydrogens is 426 g/mol. The molecule has 0 aliphatic heterocycles. The number of primary sulfonamides is 1. The van der Waals surface area contributed by atoms with E-state index in [2.05, 4.69) is 16.0 Å². The first-order chi connectivity index (χ1) is 14.7. The van der Waals surface area contributed by atoms with Crippen molar-refractivity contribution in [3.8, 4) is 0 Å². The highest BCUT2D eigenvalue weighted by atomic mass is 32.2. The largest absolute Gasteiger partial charge is 0.379 e. The number of sulfonamides is 1. The molecule has 0 aromatic heterocycles. The summed E-state index contributed by atoms with van der Waals surface area (Å²) in [6, 6.07) is 12.5. The highest BCUT2D eigenvalue weighted by Crippen LogP contribution is 2.27. The summed E-state index contributed by atoms with van der Waals surface area (Å²) in [4.78, 5) is 33.7. The van der Waals surface area contributed by atoms with E-state index in [1.807, 2.05) is 30.3 Å². The molecule has 0 spiro atoms. The van der Waals surface area contributed by atoms with Crippen molar-refractivity contribution in [3.05, 3.63) is 64.2 Å². The summed E-state index contributed by atoms with van der Waals surface area (Å²) < 4.78 is 22.7. The van der Waals surface area contributed by atoms with Crippen LogP contribution in [0.2, 0.25) is 0 Å². The molecular formula is C19H23N5O6S. The van der Waals surface area contributed by atoms with Crippen LogP contribution in [0, 0.1) is 10.1 Å². The molecule has 0 atom stereocenters. The second kappa shape index (κ2) is 11.0. The zero-order valence-corrected chi connectivity index (χ0v) is 17.4. The van der Waals surface area contributed by atoms with E-state index in [4.69, 9.17) is 5.14 Å². The van der Waals surface area contributed by atoms with Crippen LogP contribution < -0.4 is 21.1 Å². The van der Waals surface area contributed by atoms with Crippen molar-refractivity contribution in [2.45, 2.75) is 17.7 Å². The molecule has 0 bridgehead atoms. The van der Waals surface area contributed by atoms with Crippen molar-refractivity contribution >= 4 is 33.2 Å². The Kier molecular flexibility index (Phi) is 8.46. The number of rotatable bonds is 11. The van der Waals surface area contributed by atoms with Crippen LogP contribution >= 0.6 is 0 Å². The number of nitrogens with zero attached hydrogens (tertiary/aromatic N) is 1. The Morgan fingerprint density at radius 1 is 0.968 bits per heavy atom. The van der Waals surface area contributed by atoms with Gasteiger partial charge in [-0.05, 0) is 17.7 Å². The second-order valence-electron chi connectivity index (χ2n) is 6.52. The summed E-state index contributed by atoms with van der Waals surface area (Å²) in [5, 5.41) is 24.2. The normalized spacial score (nSPS) is 10.9. The molecule has 2 aromatic rings. The fourth-order valence-electron chi connectivity index (χ4n) is 2.64. The van der Waals surface area contributed by atoms with Gasteiger partial charge < -0.3 is 16.0 Å². The number of nitrogens with one attached hydrogen (secondary N) is 3. The van der Waals surface area contributed by atoms with Crippen LogP contribution in [0.1, 0.15) is 12.0 Å². The fraction of sp³-hybridized carbons (Fsp3) is 0.263. The maximum atomic E-state index is 11.9. The third kappa shape index (κ3) is 8.03. The van der Waals surface area contributed by atoms with Crippen LogP contribution in [0.25, 0.3) is 0 Å².